The molecule has 0 saturated heterocycles. The number of nitrogens with one attached hydrogen (secondary N) is 1. The Morgan fingerprint density at radius 3 is 2.31 bits per heavy atom. The minimum Gasteiger partial charge on any atom is -0.507 e. The van der Waals surface area contributed by atoms with Crippen molar-refractivity contribution in [1.82, 2.24) is 5.43 Å². The van der Waals surface area contributed by atoms with Crippen molar-refractivity contribution in [2.75, 3.05) is 0 Å². The third kappa shape index (κ3) is 3.25. The molecule has 6 heteroatoms. The molecule has 0 spiro atoms. The van der Waals surface area contributed by atoms with E-state index in [1.807, 2.05) is 12.1 Å². The summed E-state index contributed by atoms with van der Waals surface area (Å²) in [5.41, 5.74) is 3.35. The van der Waals surface area contributed by atoms with Crippen molar-refractivity contribution in [3.05, 3.63) is 77.4 Å². The zero-order chi connectivity index (χ0) is 18.7. The fraction of sp³-hybridized carbons (Fsp3) is 0.0500. The van der Waals surface area contributed by atoms with Gasteiger partial charge in [0.1, 0.15) is 5.75 Å². The van der Waals surface area contributed by atoms with Crippen LogP contribution in [-0.2, 0) is 0 Å². The zero-order valence-electron chi connectivity index (χ0n) is 13.9. The molecule has 0 aliphatic rings. The van der Waals surface area contributed by atoms with Crippen LogP contribution in [0.1, 0.15) is 33.2 Å². The number of amides is 1. The quantitative estimate of drug-likeness (QED) is 0.497. The van der Waals surface area contributed by atoms with E-state index in [-0.39, 0.29) is 16.9 Å². The van der Waals surface area contributed by atoms with Crippen LogP contribution in [0, 0.1) is 0 Å². The van der Waals surface area contributed by atoms with Crippen LogP contribution in [0.5, 0.6) is 5.75 Å². The van der Waals surface area contributed by atoms with Crippen LogP contribution in [0.4, 0.5) is 0 Å². The molecule has 1 amide bonds. The number of aromatic carboxylic acids is 1. The summed E-state index contributed by atoms with van der Waals surface area (Å²) in [6.45, 7) is 1.60. The van der Waals surface area contributed by atoms with Crippen LogP contribution in [0.3, 0.4) is 0 Å². The summed E-state index contributed by atoms with van der Waals surface area (Å²) >= 11 is 0. The second-order valence-electron chi connectivity index (χ2n) is 5.67. The van der Waals surface area contributed by atoms with E-state index in [0.29, 0.717) is 16.7 Å². The van der Waals surface area contributed by atoms with Crippen molar-refractivity contribution < 1.29 is 19.8 Å². The molecule has 0 heterocycles. The maximum absolute atomic E-state index is 12.5. The molecule has 130 valence electrons. The summed E-state index contributed by atoms with van der Waals surface area (Å²) in [5.74, 6) is -1.81. The number of aromatic hydroxyl groups is 1. The normalized spacial score (nSPS) is 11.3. The standard InChI is InChI=1S/C20H16N2O4/c1-12(14-7-4-5-9-16(14)20(25)26)21-22-19(24)18-15-8-3-2-6-13(15)10-11-17(18)23/h2-11,23H,1H3,(H,22,24)(H,25,26)/b21-12+. The molecule has 6 nitrogen and oxygen atoms in total. The highest BCUT2D eigenvalue weighted by Crippen LogP contribution is 2.26. The fourth-order valence-corrected chi connectivity index (χ4v) is 2.73. The summed E-state index contributed by atoms with van der Waals surface area (Å²) in [7, 11) is 0. The molecular weight excluding hydrogens is 332 g/mol. The van der Waals surface area contributed by atoms with E-state index in [2.05, 4.69) is 10.5 Å². The Balaban J connectivity index is 1.94. The molecule has 3 aromatic rings. The van der Waals surface area contributed by atoms with Crippen molar-refractivity contribution in [3.8, 4) is 5.75 Å². The molecule has 0 aromatic heterocycles. The van der Waals surface area contributed by atoms with Gasteiger partial charge in [-0.25, -0.2) is 10.2 Å². The summed E-state index contributed by atoms with van der Waals surface area (Å²) < 4.78 is 0. The molecule has 3 rings (SSSR count). The lowest BCUT2D eigenvalue weighted by molar-refractivity contribution is 0.0696. The Kier molecular flexibility index (Phi) is 4.66. The Hall–Kier alpha value is -3.67. The number of hydrogen-bond acceptors (Lipinski definition) is 4. The first-order valence-electron chi connectivity index (χ1n) is 7.87. The number of nitrogens with zero attached hydrogens (tertiary/aromatic N) is 1. The van der Waals surface area contributed by atoms with Crippen LogP contribution in [0.15, 0.2) is 65.8 Å². The smallest absolute Gasteiger partial charge is 0.336 e. The topological polar surface area (TPSA) is 99.0 Å². The second-order valence-corrected chi connectivity index (χ2v) is 5.67. The largest absolute Gasteiger partial charge is 0.507 e. The minimum atomic E-state index is -1.08. The minimum absolute atomic E-state index is 0.0935. The lowest BCUT2D eigenvalue weighted by Gasteiger charge is -2.09. The van der Waals surface area contributed by atoms with Crippen molar-refractivity contribution in [2.24, 2.45) is 5.10 Å². The number of fused-ring (bicyclic) bond motifs is 1. The van der Waals surface area contributed by atoms with Crippen molar-refractivity contribution >= 4 is 28.4 Å². The number of hydrazone groups is 1. The SMILES string of the molecule is C/C(=N\NC(=O)c1c(O)ccc2ccccc12)c1ccccc1C(=O)O. The fourth-order valence-electron chi connectivity index (χ4n) is 2.73. The highest BCUT2D eigenvalue weighted by Gasteiger charge is 2.16. The predicted octanol–water partition coefficient (Wildman–Crippen LogP) is 3.40. The van der Waals surface area contributed by atoms with Gasteiger partial charge in [-0.1, -0.05) is 48.5 Å². The summed E-state index contributed by atoms with van der Waals surface area (Å²) in [6.07, 6.45) is 0. The number of carboxylic acids is 1. The van der Waals surface area contributed by atoms with Gasteiger partial charge in [-0.3, -0.25) is 4.79 Å². The first-order chi connectivity index (χ1) is 12.5. The molecule has 26 heavy (non-hydrogen) atoms. The lowest BCUT2D eigenvalue weighted by atomic mass is 10.0. The number of carboxylic acid groups (broad SMARTS) is 1. The Bertz CT molecular complexity index is 1040. The molecule has 0 fully saturated rings. The number of hydrogen-bond donors (Lipinski definition) is 3. The van der Waals surface area contributed by atoms with E-state index in [1.54, 1.807) is 43.3 Å². The van der Waals surface area contributed by atoms with Crippen molar-refractivity contribution in [1.29, 1.82) is 0 Å². The lowest BCUT2D eigenvalue weighted by Crippen LogP contribution is -2.20. The van der Waals surface area contributed by atoms with Gasteiger partial charge in [-0.2, -0.15) is 5.10 Å². The maximum Gasteiger partial charge on any atom is 0.336 e. The van der Waals surface area contributed by atoms with Gasteiger partial charge in [0.05, 0.1) is 16.8 Å². The molecule has 3 N–H and O–H groups in total. The Morgan fingerprint density at radius 2 is 1.58 bits per heavy atom. The van der Waals surface area contributed by atoms with Gasteiger partial charge in [0.15, 0.2) is 0 Å². The number of carbonyl (C=O) groups excluding carboxylic acids is 1. The highest BCUT2D eigenvalue weighted by molar-refractivity contribution is 6.11. The molecule has 3 aromatic carbocycles. The molecule has 0 saturated carbocycles. The second kappa shape index (κ2) is 7.06. The first-order valence-corrected chi connectivity index (χ1v) is 7.87. The van der Waals surface area contributed by atoms with Crippen LogP contribution in [0.2, 0.25) is 0 Å². The molecular formula is C20H16N2O4. The van der Waals surface area contributed by atoms with Crippen LogP contribution >= 0.6 is 0 Å². The zero-order valence-corrected chi connectivity index (χ0v) is 13.9. The van der Waals surface area contributed by atoms with Gasteiger partial charge in [-0.05, 0) is 29.8 Å². The molecule has 0 radical (unpaired) electrons. The number of carbonyl (C=O) groups is 2. The van der Waals surface area contributed by atoms with Crippen molar-refractivity contribution in [2.45, 2.75) is 6.92 Å². The Morgan fingerprint density at radius 1 is 0.923 bits per heavy atom. The number of benzene rings is 3. The van der Waals surface area contributed by atoms with Crippen LogP contribution in [0.25, 0.3) is 10.8 Å². The molecule has 0 bridgehead atoms. The van der Waals surface area contributed by atoms with Gasteiger partial charge in [0.25, 0.3) is 5.91 Å². The summed E-state index contributed by atoms with van der Waals surface area (Å²) in [5, 5.41) is 24.8. The number of phenols is 1. The van der Waals surface area contributed by atoms with Gasteiger partial charge >= 0.3 is 5.97 Å². The predicted molar refractivity (Wildman–Crippen MR) is 98.7 cm³/mol. The van der Waals surface area contributed by atoms with E-state index in [4.69, 9.17) is 0 Å². The maximum atomic E-state index is 12.5. The molecule has 0 aliphatic heterocycles. The number of rotatable bonds is 4. The van der Waals surface area contributed by atoms with Crippen LogP contribution in [-0.4, -0.2) is 27.8 Å². The summed E-state index contributed by atoms with van der Waals surface area (Å²) in [4.78, 5) is 23.8. The van der Waals surface area contributed by atoms with E-state index < -0.39 is 11.9 Å². The van der Waals surface area contributed by atoms with Gasteiger partial charge in [-0.15, -0.1) is 0 Å². The molecule has 0 aliphatic carbocycles. The van der Waals surface area contributed by atoms with E-state index >= 15 is 0 Å². The Labute approximate surface area is 149 Å². The molecule has 0 atom stereocenters. The molecule has 0 unspecified atom stereocenters. The van der Waals surface area contributed by atoms with E-state index in [9.17, 15) is 19.8 Å². The van der Waals surface area contributed by atoms with Gasteiger partial charge < -0.3 is 10.2 Å². The van der Waals surface area contributed by atoms with Crippen molar-refractivity contribution in [3.63, 3.8) is 0 Å². The average Bonchev–Trinajstić information content (AvgIpc) is 2.65. The first kappa shape index (κ1) is 17.2. The van der Waals surface area contributed by atoms with E-state index in [0.717, 1.165) is 5.39 Å². The third-order valence-electron chi connectivity index (χ3n) is 4.01. The highest BCUT2D eigenvalue weighted by atomic mass is 16.4. The summed E-state index contributed by atoms with van der Waals surface area (Å²) in [6, 6.07) is 16.8. The van der Waals surface area contributed by atoms with Gasteiger partial charge in [0, 0.05) is 5.56 Å². The number of phenolic OH excluding ortho intramolecular Hbond substituents is 1. The van der Waals surface area contributed by atoms with Crippen LogP contribution < -0.4 is 5.43 Å². The monoisotopic (exact) mass is 348 g/mol. The average molecular weight is 348 g/mol. The van der Waals surface area contributed by atoms with E-state index in [1.165, 1.54) is 12.1 Å². The van der Waals surface area contributed by atoms with Gasteiger partial charge in [0.2, 0.25) is 0 Å². The third-order valence-corrected chi connectivity index (χ3v) is 4.01.